The van der Waals surface area contributed by atoms with Crippen LogP contribution in [0.4, 0.5) is 11.6 Å². The van der Waals surface area contributed by atoms with Crippen molar-refractivity contribution in [1.29, 1.82) is 0 Å². The van der Waals surface area contributed by atoms with Crippen molar-refractivity contribution >= 4 is 11.6 Å². The predicted molar refractivity (Wildman–Crippen MR) is 75.7 cm³/mol. The van der Waals surface area contributed by atoms with Gasteiger partial charge in [-0.05, 0) is 39.8 Å². The predicted octanol–water partition coefficient (Wildman–Crippen LogP) is 3.30. The summed E-state index contributed by atoms with van der Waals surface area (Å²) in [6.07, 6.45) is 0. The third kappa shape index (κ3) is 4.89. The van der Waals surface area contributed by atoms with Crippen LogP contribution >= 0.6 is 0 Å². The maximum Gasteiger partial charge on any atom is 0.130 e. The fourth-order valence-corrected chi connectivity index (χ4v) is 1.58. The second-order valence-electron chi connectivity index (χ2n) is 5.57. The average Bonchev–Trinajstić information content (AvgIpc) is 2.14. The molecule has 0 radical (unpaired) electrons. The third-order valence-electron chi connectivity index (χ3n) is 2.14. The molecule has 0 aliphatic rings. The van der Waals surface area contributed by atoms with Gasteiger partial charge in [0, 0.05) is 19.1 Å². The summed E-state index contributed by atoms with van der Waals surface area (Å²) >= 11 is 0. The van der Waals surface area contributed by atoms with Crippen molar-refractivity contribution in [3.8, 4) is 0 Å². The number of aromatic nitrogens is 1. The van der Waals surface area contributed by atoms with Crippen molar-refractivity contribution in [2.75, 3.05) is 23.8 Å². The summed E-state index contributed by atoms with van der Waals surface area (Å²) in [4.78, 5) is 6.68. The van der Waals surface area contributed by atoms with Crippen LogP contribution in [0.3, 0.4) is 0 Å². The van der Waals surface area contributed by atoms with E-state index in [9.17, 15) is 0 Å². The molecule has 0 fully saturated rings. The first kappa shape index (κ1) is 13.6. The highest BCUT2D eigenvalue weighted by molar-refractivity contribution is 5.48. The van der Waals surface area contributed by atoms with Crippen LogP contribution in [0.15, 0.2) is 30.4 Å². The van der Waals surface area contributed by atoms with Crippen LogP contribution < -0.4 is 10.2 Å². The minimum absolute atomic E-state index is 0.0263. The van der Waals surface area contributed by atoms with Crippen molar-refractivity contribution in [1.82, 2.24) is 4.98 Å². The second-order valence-corrected chi connectivity index (χ2v) is 5.57. The van der Waals surface area contributed by atoms with E-state index in [0.29, 0.717) is 0 Å². The maximum absolute atomic E-state index is 4.58. The molecule has 1 rings (SSSR count). The van der Waals surface area contributed by atoms with Crippen LogP contribution in [0.5, 0.6) is 0 Å². The van der Waals surface area contributed by atoms with Gasteiger partial charge in [-0.3, -0.25) is 0 Å². The van der Waals surface area contributed by atoms with Crippen LogP contribution in [0.2, 0.25) is 0 Å². The molecule has 0 unspecified atom stereocenters. The molecule has 0 spiro atoms. The SMILES string of the molecule is C=C(C)CN(C)c1cccc(NC(C)(C)C)n1. The van der Waals surface area contributed by atoms with Crippen LogP contribution in [0, 0.1) is 0 Å². The third-order valence-corrected chi connectivity index (χ3v) is 2.14. The van der Waals surface area contributed by atoms with E-state index >= 15 is 0 Å². The van der Waals surface area contributed by atoms with E-state index in [1.54, 1.807) is 0 Å². The number of rotatable bonds is 4. The summed E-state index contributed by atoms with van der Waals surface area (Å²) in [5, 5.41) is 3.37. The van der Waals surface area contributed by atoms with Crippen molar-refractivity contribution < 1.29 is 0 Å². The molecule has 0 atom stereocenters. The maximum atomic E-state index is 4.58. The smallest absolute Gasteiger partial charge is 0.130 e. The van der Waals surface area contributed by atoms with Gasteiger partial charge < -0.3 is 10.2 Å². The molecule has 0 saturated carbocycles. The molecular formula is C14H23N3. The molecule has 1 aromatic rings. The normalized spacial score (nSPS) is 11.1. The number of nitrogens with zero attached hydrogens (tertiary/aromatic N) is 2. The number of likely N-dealkylation sites (N-methyl/N-ethyl adjacent to an activating group) is 1. The summed E-state index contributed by atoms with van der Waals surface area (Å²) < 4.78 is 0. The fourth-order valence-electron chi connectivity index (χ4n) is 1.58. The number of hydrogen-bond acceptors (Lipinski definition) is 3. The average molecular weight is 233 g/mol. The van der Waals surface area contributed by atoms with E-state index in [0.717, 1.165) is 23.8 Å². The van der Waals surface area contributed by atoms with Gasteiger partial charge in [0.1, 0.15) is 11.6 Å². The van der Waals surface area contributed by atoms with Crippen LogP contribution in [-0.4, -0.2) is 24.1 Å². The van der Waals surface area contributed by atoms with Gasteiger partial charge in [0.25, 0.3) is 0 Å². The molecule has 0 aliphatic carbocycles. The first-order valence-electron chi connectivity index (χ1n) is 5.89. The Morgan fingerprint density at radius 2 is 2.06 bits per heavy atom. The standard InChI is InChI=1S/C14H23N3/c1-11(2)10-17(6)13-9-7-8-12(15-13)16-14(3,4)5/h7-9H,1,10H2,2-6H3,(H,15,16). The Labute approximate surface area is 105 Å². The zero-order chi connectivity index (χ0) is 13.1. The molecule has 1 heterocycles. The summed E-state index contributed by atoms with van der Waals surface area (Å²) in [5.41, 5.74) is 1.15. The number of nitrogens with one attached hydrogen (secondary N) is 1. The molecule has 0 aromatic carbocycles. The number of anilines is 2. The van der Waals surface area contributed by atoms with Gasteiger partial charge in [-0.1, -0.05) is 18.2 Å². The summed E-state index contributed by atoms with van der Waals surface area (Å²) in [5.74, 6) is 1.87. The Balaban J connectivity index is 2.82. The highest BCUT2D eigenvalue weighted by Crippen LogP contribution is 2.17. The van der Waals surface area contributed by atoms with Gasteiger partial charge in [0.2, 0.25) is 0 Å². The lowest BCUT2D eigenvalue weighted by atomic mass is 10.1. The number of pyridine rings is 1. The van der Waals surface area contributed by atoms with Gasteiger partial charge >= 0.3 is 0 Å². The van der Waals surface area contributed by atoms with Crippen LogP contribution in [0.25, 0.3) is 0 Å². The molecule has 0 aliphatic heterocycles. The van der Waals surface area contributed by atoms with Gasteiger partial charge in [0.05, 0.1) is 0 Å². The first-order valence-corrected chi connectivity index (χ1v) is 5.89. The zero-order valence-corrected chi connectivity index (χ0v) is 11.5. The van der Waals surface area contributed by atoms with Crippen molar-refractivity contribution in [2.45, 2.75) is 33.2 Å². The molecule has 3 heteroatoms. The van der Waals surface area contributed by atoms with Gasteiger partial charge in [-0.25, -0.2) is 4.98 Å². The van der Waals surface area contributed by atoms with E-state index in [1.165, 1.54) is 0 Å². The van der Waals surface area contributed by atoms with E-state index < -0.39 is 0 Å². The van der Waals surface area contributed by atoms with Crippen LogP contribution in [-0.2, 0) is 0 Å². The van der Waals surface area contributed by atoms with Crippen molar-refractivity contribution in [3.05, 3.63) is 30.4 Å². The Bertz CT molecular complexity index is 391. The van der Waals surface area contributed by atoms with E-state index in [1.807, 2.05) is 32.2 Å². The Hall–Kier alpha value is -1.51. The van der Waals surface area contributed by atoms with Gasteiger partial charge in [-0.2, -0.15) is 0 Å². The molecule has 1 N–H and O–H groups in total. The van der Waals surface area contributed by atoms with Gasteiger partial charge in [-0.15, -0.1) is 0 Å². The summed E-state index contributed by atoms with van der Waals surface area (Å²) in [7, 11) is 2.03. The highest BCUT2D eigenvalue weighted by Gasteiger charge is 2.11. The quantitative estimate of drug-likeness (QED) is 0.809. The lowest BCUT2D eigenvalue weighted by Gasteiger charge is -2.23. The molecule has 0 bridgehead atoms. The largest absolute Gasteiger partial charge is 0.365 e. The molecule has 1 aromatic heterocycles. The Morgan fingerprint density at radius 3 is 2.59 bits per heavy atom. The molecule has 3 nitrogen and oxygen atoms in total. The molecule has 0 saturated heterocycles. The molecule has 0 amide bonds. The molecular weight excluding hydrogens is 210 g/mol. The Kier molecular flexibility index (Phi) is 4.16. The molecule has 94 valence electrons. The minimum atomic E-state index is 0.0263. The zero-order valence-electron chi connectivity index (χ0n) is 11.5. The van der Waals surface area contributed by atoms with E-state index in [-0.39, 0.29) is 5.54 Å². The fraction of sp³-hybridized carbons (Fsp3) is 0.500. The molecule has 17 heavy (non-hydrogen) atoms. The van der Waals surface area contributed by atoms with Crippen LogP contribution in [0.1, 0.15) is 27.7 Å². The first-order chi connectivity index (χ1) is 7.78. The lowest BCUT2D eigenvalue weighted by molar-refractivity contribution is 0.630. The van der Waals surface area contributed by atoms with E-state index in [4.69, 9.17) is 0 Å². The summed E-state index contributed by atoms with van der Waals surface area (Å²) in [6, 6.07) is 6.02. The van der Waals surface area contributed by atoms with Crippen molar-refractivity contribution in [2.24, 2.45) is 0 Å². The Morgan fingerprint density at radius 1 is 1.41 bits per heavy atom. The lowest BCUT2D eigenvalue weighted by Crippen LogP contribution is -2.27. The monoisotopic (exact) mass is 233 g/mol. The minimum Gasteiger partial charge on any atom is -0.365 e. The summed E-state index contributed by atoms with van der Waals surface area (Å²) in [6.45, 7) is 13.1. The second kappa shape index (κ2) is 5.21. The number of hydrogen-bond donors (Lipinski definition) is 1. The highest BCUT2D eigenvalue weighted by atomic mass is 15.2. The van der Waals surface area contributed by atoms with Crippen molar-refractivity contribution in [3.63, 3.8) is 0 Å². The topological polar surface area (TPSA) is 28.2 Å². The van der Waals surface area contributed by atoms with Gasteiger partial charge in [0.15, 0.2) is 0 Å². The van der Waals surface area contributed by atoms with E-state index in [2.05, 4.69) is 42.6 Å².